The number of carbonyl (C=O) groups excluding carboxylic acids is 1. The van der Waals surface area contributed by atoms with Crippen LogP contribution in [-0.2, 0) is 15.0 Å². The average Bonchev–Trinajstić information content (AvgIpc) is 2.47. The number of hydrogen-bond acceptors (Lipinski definition) is 2. The van der Waals surface area contributed by atoms with Gasteiger partial charge in [-0.2, -0.15) is 0 Å². The van der Waals surface area contributed by atoms with Crippen LogP contribution < -0.4 is 5.32 Å². The molecule has 0 radical (unpaired) electrons. The number of carbonyl (C=O) groups is 2. The summed E-state index contributed by atoms with van der Waals surface area (Å²) in [6.45, 7) is 3.52. The molecule has 0 aliphatic heterocycles. The number of hydrogen-bond donors (Lipinski definition) is 2. The van der Waals surface area contributed by atoms with Gasteiger partial charge in [-0.1, -0.05) is 49.1 Å². The molecular weight excluding hydrogens is 266 g/mol. The fourth-order valence-electron chi connectivity index (χ4n) is 3.14. The fraction of sp³-hybridized carbons (Fsp3) is 0.529. The van der Waals surface area contributed by atoms with Crippen LogP contribution in [0.2, 0.25) is 0 Å². The molecule has 4 nitrogen and oxygen atoms in total. The lowest BCUT2D eigenvalue weighted by Gasteiger charge is -2.37. The van der Waals surface area contributed by atoms with E-state index >= 15 is 0 Å². The van der Waals surface area contributed by atoms with Crippen molar-refractivity contribution in [2.75, 3.05) is 0 Å². The van der Waals surface area contributed by atoms with E-state index in [1.807, 2.05) is 25.1 Å². The number of carboxylic acids is 1. The molecule has 1 amide bonds. The molecule has 0 spiro atoms. The fourth-order valence-corrected chi connectivity index (χ4v) is 3.14. The maximum atomic E-state index is 12.8. The Bertz CT molecular complexity index is 533. The van der Waals surface area contributed by atoms with Crippen LogP contribution in [0.25, 0.3) is 0 Å². The second-order valence-electron chi connectivity index (χ2n) is 6.05. The van der Waals surface area contributed by atoms with Crippen LogP contribution in [0, 0.1) is 6.92 Å². The molecule has 0 aromatic heterocycles. The van der Waals surface area contributed by atoms with Crippen LogP contribution in [0.4, 0.5) is 0 Å². The number of benzene rings is 1. The van der Waals surface area contributed by atoms with Gasteiger partial charge in [0.25, 0.3) is 0 Å². The van der Waals surface area contributed by atoms with Crippen LogP contribution >= 0.6 is 0 Å². The molecule has 2 rings (SSSR count). The molecule has 2 N–H and O–H groups in total. The average molecular weight is 289 g/mol. The minimum absolute atomic E-state index is 0.150. The molecule has 1 aromatic rings. The SMILES string of the molecule is Cc1cccc(C2(C(=O)NC(C)C(=O)O)CCCCC2)c1. The summed E-state index contributed by atoms with van der Waals surface area (Å²) in [5, 5.41) is 11.7. The quantitative estimate of drug-likeness (QED) is 0.895. The molecule has 0 saturated heterocycles. The van der Waals surface area contributed by atoms with E-state index in [0.29, 0.717) is 0 Å². The Hall–Kier alpha value is -1.84. The predicted octanol–water partition coefficient (Wildman–Crippen LogP) is 2.79. The van der Waals surface area contributed by atoms with Gasteiger partial charge in [-0.15, -0.1) is 0 Å². The molecule has 114 valence electrons. The van der Waals surface area contributed by atoms with Crippen molar-refractivity contribution in [2.45, 2.75) is 57.4 Å². The van der Waals surface area contributed by atoms with Crippen molar-refractivity contribution in [1.82, 2.24) is 5.32 Å². The first-order chi connectivity index (χ1) is 9.95. The van der Waals surface area contributed by atoms with Crippen molar-refractivity contribution < 1.29 is 14.7 Å². The van der Waals surface area contributed by atoms with Crippen LogP contribution in [0.3, 0.4) is 0 Å². The van der Waals surface area contributed by atoms with Gasteiger partial charge < -0.3 is 10.4 Å². The van der Waals surface area contributed by atoms with E-state index < -0.39 is 17.4 Å². The van der Waals surface area contributed by atoms with Crippen molar-refractivity contribution in [3.8, 4) is 0 Å². The smallest absolute Gasteiger partial charge is 0.325 e. The Morgan fingerprint density at radius 3 is 2.48 bits per heavy atom. The Labute approximate surface area is 125 Å². The molecule has 1 fully saturated rings. The van der Waals surface area contributed by atoms with Crippen LogP contribution in [0.15, 0.2) is 24.3 Å². The lowest BCUT2D eigenvalue weighted by atomic mass is 9.68. The third-order valence-electron chi connectivity index (χ3n) is 4.43. The van der Waals surface area contributed by atoms with E-state index in [1.54, 1.807) is 0 Å². The van der Waals surface area contributed by atoms with E-state index in [1.165, 1.54) is 6.92 Å². The van der Waals surface area contributed by atoms with Crippen molar-refractivity contribution in [3.63, 3.8) is 0 Å². The molecule has 21 heavy (non-hydrogen) atoms. The number of rotatable bonds is 4. The zero-order chi connectivity index (χ0) is 15.5. The summed E-state index contributed by atoms with van der Waals surface area (Å²) in [4.78, 5) is 23.8. The minimum atomic E-state index is -1.00. The third kappa shape index (κ3) is 3.26. The molecule has 1 aliphatic carbocycles. The molecule has 0 bridgehead atoms. The largest absolute Gasteiger partial charge is 0.480 e. The van der Waals surface area contributed by atoms with Crippen molar-refractivity contribution in [1.29, 1.82) is 0 Å². The first-order valence-corrected chi connectivity index (χ1v) is 7.57. The van der Waals surface area contributed by atoms with Crippen LogP contribution in [-0.4, -0.2) is 23.0 Å². The minimum Gasteiger partial charge on any atom is -0.480 e. The first kappa shape index (κ1) is 15.5. The summed E-state index contributed by atoms with van der Waals surface area (Å²) in [6.07, 6.45) is 4.71. The number of amides is 1. The maximum absolute atomic E-state index is 12.8. The summed E-state index contributed by atoms with van der Waals surface area (Å²) in [5.74, 6) is -1.15. The van der Waals surface area contributed by atoms with E-state index in [-0.39, 0.29) is 5.91 Å². The van der Waals surface area contributed by atoms with Gasteiger partial charge in [-0.3, -0.25) is 9.59 Å². The highest BCUT2D eigenvalue weighted by Gasteiger charge is 2.41. The van der Waals surface area contributed by atoms with Gasteiger partial charge in [0.15, 0.2) is 0 Å². The van der Waals surface area contributed by atoms with Gasteiger partial charge in [0.05, 0.1) is 5.41 Å². The molecule has 4 heteroatoms. The number of nitrogens with one attached hydrogen (secondary N) is 1. The highest BCUT2D eigenvalue weighted by atomic mass is 16.4. The van der Waals surface area contributed by atoms with Gasteiger partial charge in [-0.25, -0.2) is 0 Å². The second-order valence-corrected chi connectivity index (χ2v) is 6.05. The highest BCUT2D eigenvalue weighted by molar-refractivity contribution is 5.91. The van der Waals surface area contributed by atoms with Crippen LogP contribution in [0.1, 0.15) is 50.2 Å². The van der Waals surface area contributed by atoms with Gasteiger partial charge in [-0.05, 0) is 32.3 Å². The maximum Gasteiger partial charge on any atom is 0.325 e. The van der Waals surface area contributed by atoms with Gasteiger partial charge in [0.2, 0.25) is 5.91 Å². The Morgan fingerprint density at radius 1 is 1.24 bits per heavy atom. The topological polar surface area (TPSA) is 66.4 Å². The normalized spacial score (nSPS) is 18.8. The summed E-state index contributed by atoms with van der Waals surface area (Å²) < 4.78 is 0. The first-order valence-electron chi connectivity index (χ1n) is 7.57. The van der Waals surface area contributed by atoms with Gasteiger partial charge >= 0.3 is 5.97 Å². The van der Waals surface area contributed by atoms with Crippen molar-refractivity contribution in [2.24, 2.45) is 0 Å². The zero-order valence-corrected chi connectivity index (χ0v) is 12.7. The predicted molar refractivity (Wildman–Crippen MR) is 81.2 cm³/mol. The van der Waals surface area contributed by atoms with E-state index in [2.05, 4.69) is 11.4 Å². The van der Waals surface area contributed by atoms with E-state index in [0.717, 1.165) is 43.2 Å². The Balaban J connectivity index is 2.33. The third-order valence-corrected chi connectivity index (χ3v) is 4.43. The Morgan fingerprint density at radius 2 is 1.90 bits per heavy atom. The number of carboxylic acid groups (broad SMARTS) is 1. The van der Waals surface area contributed by atoms with Gasteiger partial charge in [0.1, 0.15) is 6.04 Å². The van der Waals surface area contributed by atoms with Gasteiger partial charge in [0, 0.05) is 0 Å². The van der Waals surface area contributed by atoms with Crippen molar-refractivity contribution in [3.05, 3.63) is 35.4 Å². The molecule has 1 aliphatic rings. The second kappa shape index (κ2) is 6.29. The zero-order valence-electron chi connectivity index (χ0n) is 12.7. The lowest BCUT2D eigenvalue weighted by molar-refractivity contribution is -0.142. The number of aliphatic carboxylic acids is 1. The standard InChI is InChI=1S/C17H23NO3/c1-12-7-6-8-14(11-12)17(9-4-3-5-10-17)16(21)18-13(2)15(19)20/h6-8,11,13H,3-5,9-10H2,1-2H3,(H,18,21)(H,19,20). The lowest BCUT2D eigenvalue weighted by Crippen LogP contribution is -2.50. The summed E-state index contributed by atoms with van der Waals surface area (Å²) >= 11 is 0. The van der Waals surface area contributed by atoms with E-state index in [9.17, 15) is 9.59 Å². The molecular formula is C17H23NO3. The molecule has 0 heterocycles. The molecule has 1 unspecified atom stereocenters. The summed E-state index contributed by atoms with van der Waals surface area (Å²) in [5.41, 5.74) is 1.56. The molecule has 1 saturated carbocycles. The van der Waals surface area contributed by atoms with Crippen LogP contribution in [0.5, 0.6) is 0 Å². The van der Waals surface area contributed by atoms with E-state index in [4.69, 9.17) is 5.11 Å². The molecule has 1 aromatic carbocycles. The Kier molecular flexibility index (Phi) is 4.66. The summed E-state index contributed by atoms with van der Waals surface area (Å²) in [6, 6.07) is 7.16. The number of aryl methyl sites for hydroxylation is 1. The summed E-state index contributed by atoms with van der Waals surface area (Å²) in [7, 11) is 0. The molecule has 1 atom stereocenters. The monoisotopic (exact) mass is 289 g/mol. The highest BCUT2D eigenvalue weighted by Crippen LogP contribution is 2.40. The van der Waals surface area contributed by atoms with Crippen molar-refractivity contribution >= 4 is 11.9 Å².